The van der Waals surface area contributed by atoms with Crippen LogP contribution in [0.4, 0.5) is 0 Å². The van der Waals surface area contributed by atoms with Crippen LogP contribution in [0.3, 0.4) is 0 Å². The van der Waals surface area contributed by atoms with Gasteiger partial charge in [-0.2, -0.15) is 0 Å². The first-order valence-corrected chi connectivity index (χ1v) is 5.62. The molecular weight excluding hydrogens is 184 g/mol. The van der Waals surface area contributed by atoms with Crippen LogP contribution in [0, 0.1) is 0 Å². The summed E-state index contributed by atoms with van der Waals surface area (Å²) < 4.78 is 4.66. The normalized spacial score (nSPS) is 11.9. The molecule has 0 atom stereocenters. The third-order valence-electron chi connectivity index (χ3n) is 2.80. The molecule has 0 saturated heterocycles. The van der Waals surface area contributed by atoms with Gasteiger partial charge in [-0.3, -0.25) is 0 Å². The predicted octanol–water partition coefficient (Wildman–Crippen LogP) is 3.09. The molecule has 2 nitrogen and oxygen atoms in total. The van der Waals surface area contributed by atoms with Crippen molar-refractivity contribution in [1.29, 1.82) is 0 Å². The largest absolute Gasteiger partial charge is 0.289 e. The molecule has 2 aromatic rings. The van der Waals surface area contributed by atoms with Crippen molar-refractivity contribution in [2.45, 2.75) is 39.8 Å². The van der Waals surface area contributed by atoms with E-state index in [4.69, 9.17) is 0 Å². The number of pyridine rings is 1. The molecule has 0 saturated carbocycles. The SMILES string of the molecule is CC(C)n1ccc2ccc[n+](C(C)C)c21. The molecule has 0 radical (unpaired) electrons. The maximum atomic E-state index is 2.33. The Labute approximate surface area is 91.2 Å². The van der Waals surface area contributed by atoms with Gasteiger partial charge in [-0.1, -0.05) is 0 Å². The minimum absolute atomic E-state index is 0.501. The zero-order valence-corrected chi connectivity index (χ0v) is 9.94. The van der Waals surface area contributed by atoms with E-state index in [0.717, 1.165) is 0 Å². The van der Waals surface area contributed by atoms with Gasteiger partial charge in [0.15, 0.2) is 0 Å². The summed E-state index contributed by atoms with van der Waals surface area (Å²) in [6.07, 6.45) is 4.33. The van der Waals surface area contributed by atoms with Crippen molar-refractivity contribution in [2.24, 2.45) is 0 Å². The molecule has 0 aliphatic heterocycles. The highest BCUT2D eigenvalue weighted by Gasteiger charge is 2.17. The minimum Gasteiger partial charge on any atom is -0.232 e. The van der Waals surface area contributed by atoms with Crippen molar-refractivity contribution < 1.29 is 4.57 Å². The first-order valence-electron chi connectivity index (χ1n) is 5.62. The van der Waals surface area contributed by atoms with E-state index in [-0.39, 0.29) is 0 Å². The third-order valence-corrected chi connectivity index (χ3v) is 2.80. The zero-order valence-electron chi connectivity index (χ0n) is 9.94. The van der Waals surface area contributed by atoms with Gasteiger partial charge in [0.2, 0.25) is 0 Å². The number of fused-ring (bicyclic) bond motifs is 1. The van der Waals surface area contributed by atoms with E-state index < -0.39 is 0 Å². The van der Waals surface area contributed by atoms with E-state index in [1.54, 1.807) is 0 Å². The Morgan fingerprint density at radius 1 is 1.13 bits per heavy atom. The zero-order chi connectivity index (χ0) is 11.0. The molecule has 0 unspecified atom stereocenters. The van der Waals surface area contributed by atoms with Gasteiger partial charge in [0, 0.05) is 0 Å². The van der Waals surface area contributed by atoms with Crippen molar-refractivity contribution in [3.63, 3.8) is 0 Å². The molecule has 15 heavy (non-hydrogen) atoms. The summed E-state index contributed by atoms with van der Waals surface area (Å²) in [5.41, 5.74) is 1.32. The summed E-state index contributed by atoms with van der Waals surface area (Å²) >= 11 is 0. The molecule has 80 valence electrons. The number of rotatable bonds is 2. The fourth-order valence-electron chi connectivity index (χ4n) is 2.01. The van der Waals surface area contributed by atoms with E-state index in [2.05, 4.69) is 67.4 Å². The van der Waals surface area contributed by atoms with Crippen LogP contribution in [0.15, 0.2) is 30.6 Å². The van der Waals surface area contributed by atoms with Gasteiger partial charge in [-0.25, -0.2) is 9.13 Å². The molecule has 2 aromatic heterocycles. The Hall–Kier alpha value is -1.31. The molecule has 0 amide bonds. The molecule has 0 spiro atoms. The molecule has 2 rings (SSSR count). The fraction of sp³-hybridized carbons (Fsp3) is 0.462. The number of aromatic nitrogens is 2. The molecular formula is C13H19N2+. The van der Waals surface area contributed by atoms with Crippen LogP contribution in [-0.4, -0.2) is 4.57 Å². The van der Waals surface area contributed by atoms with Crippen LogP contribution >= 0.6 is 0 Å². The summed E-state index contributed by atoms with van der Waals surface area (Å²) in [5.74, 6) is 0. The lowest BCUT2D eigenvalue weighted by Crippen LogP contribution is -2.38. The van der Waals surface area contributed by atoms with Gasteiger partial charge in [-0.15, -0.1) is 0 Å². The quantitative estimate of drug-likeness (QED) is 0.663. The monoisotopic (exact) mass is 203 g/mol. The summed E-state index contributed by atoms with van der Waals surface area (Å²) in [6, 6.07) is 7.49. The second-order valence-corrected chi connectivity index (χ2v) is 4.60. The Kier molecular flexibility index (Phi) is 2.51. The first kappa shape index (κ1) is 10.2. The smallest absolute Gasteiger partial charge is 0.232 e. The Balaban J connectivity index is 2.75. The lowest BCUT2D eigenvalue weighted by atomic mass is 10.3. The summed E-state index contributed by atoms with van der Waals surface area (Å²) in [5, 5.41) is 1.32. The summed E-state index contributed by atoms with van der Waals surface area (Å²) in [6.45, 7) is 8.88. The van der Waals surface area contributed by atoms with E-state index in [9.17, 15) is 0 Å². The molecule has 0 N–H and O–H groups in total. The average Bonchev–Trinajstić information content (AvgIpc) is 2.60. The van der Waals surface area contributed by atoms with Crippen molar-refractivity contribution in [2.75, 3.05) is 0 Å². The Morgan fingerprint density at radius 2 is 1.87 bits per heavy atom. The average molecular weight is 203 g/mol. The van der Waals surface area contributed by atoms with Crippen molar-refractivity contribution in [3.05, 3.63) is 30.6 Å². The van der Waals surface area contributed by atoms with Crippen molar-refractivity contribution in [3.8, 4) is 0 Å². The summed E-state index contributed by atoms with van der Waals surface area (Å²) in [7, 11) is 0. The van der Waals surface area contributed by atoms with E-state index >= 15 is 0 Å². The predicted molar refractivity (Wildman–Crippen MR) is 62.9 cm³/mol. The molecule has 0 aliphatic rings. The van der Waals surface area contributed by atoms with Crippen LogP contribution in [0.5, 0.6) is 0 Å². The van der Waals surface area contributed by atoms with Gasteiger partial charge < -0.3 is 0 Å². The first-order chi connectivity index (χ1) is 7.11. The van der Waals surface area contributed by atoms with Crippen LogP contribution in [0.2, 0.25) is 0 Å². The molecule has 2 heteroatoms. The molecule has 2 heterocycles. The lowest BCUT2D eigenvalue weighted by Gasteiger charge is -2.09. The number of hydrogen-bond acceptors (Lipinski definition) is 0. The van der Waals surface area contributed by atoms with Gasteiger partial charge in [-0.05, 0) is 45.9 Å². The fourth-order valence-corrected chi connectivity index (χ4v) is 2.01. The van der Waals surface area contributed by atoms with Crippen LogP contribution in [0.1, 0.15) is 39.8 Å². The van der Waals surface area contributed by atoms with E-state index in [0.29, 0.717) is 12.1 Å². The maximum absolute atomic E-state index is 2.33. The second kappa shape index (κ2) is 3.69. The molecule has 0 aromatic carbocycles. The van der Waals surface area contributed by atoms with E-state index in [1.807, 2.05) is 0 Å². The van der Waals surface area contributed by atoms with Gasteiger partial charge in [0.25, 0.3) is 5.65 Å². The highest BCUT2D eigenvalue weighted by molar-refractivity contribution is 5.73. The van der Waals surface area contributed by atoms with Gasteiger partial charge in [0.05, 0.1) is 29.9 Å². The Morgan fingerprint density at radius 3 is 2.47 bits per heavy atom. The second-order valence-electron chi connectivity index (χ2n) is 4.60. The lowest BCUT2D eigenvalue weighted by molar-refractivity contribution is -0.694. The topological polar surface area (TPSA) is 8.81 Å². The van der Waals surface area contributed by atoms with Crippen LogP contribution in [0.25, 0.3) is 11.0 Å². The van der Waals surface area contributed by atoms with Crippen LogP contribution in [-0.2, 0) is 0 Å². The molecule has 0 bridgehead atoms. The highest BCUT2D eigenvalue weighted by atomic mass is 15.1. The van der Waals surface area contributed by atoms with E-state index in [1.165, 1.54) is 11.0 Å². The summed E-state index contributed by atoms with van der Waals surface area (Å²) in [4.78, 5) is 0. The van der Waals surface area contributed by atoms with Crippen molar-refractivity contribution >= 4 is 11.0 Å². The van der Waals surface area contributed by atoms with Gasteiger partial charge in [0.1, 0.15) is 0 Å². The standard InChI is InChI=1S/C13H19N2/c1-10(2)14-8-5-6-12-7-9-15(11(3)4)13(12)14/h5-11H,1-4H3/q+1. The molecule has 0 fully saturated rings. The van der Waals surface area contributed by atoms with Crippen LogP contribution < -0.4 is 4.57 Å². The van der Waals surface area contributed by atoms with Crippen molar-refractivity contribution in [1.82, 2.24) is 4.57 Å². The highest BCUT2D eigenvalue weighted by Crippen LogP contribution is 2.17. The minimum atomic E-state index is 0.501. The number of hydrogen-bond donors (Lipinski definition) is 0. The molecule has 0 aliphatic carbocycles. The van der Waals surface area contributed by atoms with Gasteiger partial charge >= 0.3 is 0 Å². The number of nitrogens with zero attached hydrogens (tertiary/aromatic N) is 2. The Bertz CT molecular complexity index is 466. The third kappa shape index (κ3) is 1.65. The maximum Gasteiger partial charge on any atom is 0.289 e.